The van der Waals surface area contributed by atoms with Crippen molar-refractivity contribution >= 4 is 23.6 Å². The van der Waals surface area contributed by atoms with Crippen molar-refractivity contribution in [3.05, 3.63) is 92.7 Å². The highest BCUT2D eigenvalue weighted by atomic mass is 16.6. The molecule has 1 saturated heterocycles. The number of piperazine rings is 1. The number of rotatable bonds is 7. The number of carbonyl (C=O) groups is 2. The van der Waals surface area contributed by atoms with Crippen LogP contribution in [0.1, 0.15) is 28.3 Å². The highest BCUT2D eigenvalue weighted by molar-refractivity contribution is 6.08. The minimum absolute atomic E-state index is 0.0628. The first-order chi connectivity index (χ1) is 19.3. The number of carbonyl (C=O) groups excluding carboxylic acids is 2. The van der Waals surface area contributed by atoms with Gasteiger partial charge in [-0.05, 0) is 52.6 Å². The first-order valence-corrected chi connectivity index (χ1v) is 12.4. The maximum absolute atomic E-state index is 14.1. The van der Waals surface area contributed by atoms with Crippen LogP contribution in [0.4, 0.5) is 5.69 Å². The molecule has 206 valence electrons. The number of nitro benzene ring substituents is 1. The van der Waals surface area contributed by atoms with E-state index in [1.807, 2.05) is 0 Å². The number of benzene rings is 3. The first-order valence-electron chi connectivity index (χ1n) is 12.4. The van der Waals surface area contributed by atoms with Gasteiger partial charge in [0.15, 0.2) is 23.0 Å². The van der Waals surface area contributed by atoms with E-state index in [9.17, 15) is 19.7 Å². The van der Waals surface area contributed by atoms with Crippen LogP contribution in [0.15, 0.2) is 60.3 Å². The van der Waals surface area contributed by atoms with Crippen LogP contribution in [0.25, 0.3) is 6.08 Å². The summed E-state index contributed by atoms with van der Waals surface area (Å²) in [6, 6.07) is 13.1. The number of amides is 2. The molecule has 2 aliphatic rings. The van der Waals surface area contributed by atoms with E-state index in [2.05, 4.69) is 5.32 Å². The summed E-state index contributed by atoms with van der Waals surface area (Å²) in [4.78, 5) is 40.2. The Morgan fingerprint density at radius 3 is 2.25 bits per heavy atom. The van der Waals surface area contributed by atoms with Gasteiger partial charge in [0.25, 0.3) is 11.6 Å². The van der Waals surface area contributed by atoms with E-state index in [-0.39, 0.29) is 23.7 Å². The highest BCUT2D eigenvalue weighted by Gasteiger charge is 2.47. The summed E-state index contributed by atoms with van der Waals surface area (Å²) in [5.41, 5.74) is 2.48. The number of hydrogen-bond acceptors (Lipinski definition) is 8. The van der Waals surface area contributed by atoms with Crippen molar-refractivity contribution < 1.29 is 33.5 Å². The molecule has 2 heterocycles. The van der Waals surface area contributed by atoms with Crippen LogP contribution in [0, 0.1) is 10.1 Å². The largest absolute Gasteiger partial charge is 0.493 e. The second-order valence-electron chi connectivity index (χ2n) is 9.25. The second kappa shape index (κ2) is 10.6. The topological polar surface area (TPSA) is 129 Å². The Morgan fingerprint density at radius 2 is 1.57 bits per heavy atom. The fraction of sp³-hybridized carbons (Fsp3) is 0.241. The molecular formula is C29H27N3O8. The van der Waals surface area contributed by atoms with Gasteiger partial charge in [-0.1, -0.05) is 18.2 Å². The average Bonchev–Trinajstić information content (AvgIpc) is 2.97. The minimum atomic E-state index is -0.857. The Bertz CT molecular complexity index is 1550. The van der Waals surface area contributed by atoms with Gasteiger partial charge in [0.05, 0.1) is 39.4 Å². The Hall–Kier alpha value is -5.06. The van der Waals surface area contributed by atoms with Gasteiger partial charge in [-0.15, -0.1) is 0 Å². The molecule has 11 nitrogen and oxygen atoms in total. The molecule has 0 aliphatic carbocycles. The zero-order chi connectivity index (χ0) is 28.6. The lowest BCUT2D eigenvalue weighted by Crippen LogP contribution is -2.60. The lowest BCUT2D eigenvalue weighted by molar-refractivity contribution is -0.384. The quantitative estimate of drug-likeness (QED) is 0.271. The number of nitrogens with one attached hydrogen (secondary N) is 1. The van der Waals surface area contributed by atoms with Crippen molar-refractivity contribution in [1.82, 2.24) is 10.2 Å². The molecule has 0 radical (unpaired) electrons. The standard InChI is InChI=1S/C29H27N3O8/c1-37-23-9-8-16(11-24(23)38-2)10-21-29(34)31-22(28(33)30-21)13-18-14-25(39-3)26(40-4)15-20(18)27(31)17-6-5-7-19(12-17)32(35)36/h5-12,14-15,22,27H,13H2,1-4H3,(H,30,33)/b21-10-/t22-,27+/m0/s1. The van der Waals surface area contributed by atoms with Crippen molar-refractivity contribution in [2.75, 3.05) is 28.4 Å². The number of fused-ring (bicyclic) bond motifs is 2. The maximum atomic E-state index is 14.1. The second-order valence-corrected chi connectivity index (χ2v) is 9.25. The molecule has 5 rings (SSSR count). The Kier molecular flexibility index (Phi) is 7.03. The first kappa shape index (κ1) is 26.5. The smallest absolute Gasteiger partial charge is 0.271 e. The predicted octanol–water partition coefficient (Wildman–Crippen LogP) is 3.64. The van der Waals surface area contributed by atoms with Crippen molar-refractivity contribution in [1.29, 1.82) is 0 Å². The summed E-state index contributed by atoms with van der Waals surface area (Å²) >= 11 is 0. The molecule has 0 bridgehead atoms. The number of nitro groups is 1. The van der Waals surface area contributed by atoms with Gasteiger partial charge in [-0.25, -0.2) is 0 Å². The highest BCUT2D eigenvalue weighted by Crippen LogP contribution is 2.45. The molecular weight excluding hydrogens is 518 g/mol. The van der Waals surface area contributed by atoms with Crippen LogP contribution >= 0.6 is 0 Å². The van der Waals surface area contributed by atoms with Crippen molar-refractivity contribution in [2.24, 2.45) is 0 Å². The minimum Gasteiger partial charge on any atom is -0.493 e. The number of nitrogens with zero attached hydrogens (tertiary/aromatic N) is 2. The third-order valence-corrected chi connectivity index (χ3v) is 7.11. The van der Waals surface area contributed by atoms with Crippen molar-refractivity contribution in [3.8, 4) is 23.0 Å². The molecule has 1 N–H and O–H groups in total. The van der Waals surface area contributed by atoms with E-state index in [0.717, 1.165) is 5.56 Å². The molecule has 40 heavy (non-hydrogen) atoms. The summed E-state index contributed by atoms with van der Waals surface area (Å²) in [6.07, 6.45) is 1.79. The number of methoxy groups -OCH3 is 4. The van der Waals surface area contributed by atoms with Gasteiger partial charge in [-0.2, -0.15) is 0 Å². The zero-order valence-electron chi connectivity index (χ0n) is 22.3. The summed E-state index contributed by atoms with van der Waals surface area (Å²) in [5, 5.41) is 14.4. The maximum Gasteiger partial charge on any atom is 0.271 e. The summed E-state index contributed by atoms with van der Waals surface area (Å²) < 4.78 is 21.7. The van der Waals surface area contributed by atoms with Crippen LogP contribution in [0.2, 0.25) is 0 Å². The number of ether oxygens (including phenoxy) is 4. The van der Waals surface area contributed by atoms with Crippen molar-refractivity contribution in [2.45, 2.75) is 18.5 Å². The molecule has 2 amide bonds. The van der Waals surface area contributed by atoms with Gasteiger partial charge in [-0.3, -0.25) is 19.7 Å². The van der Waals surface area contributed by atoms with Gasteiger partial charge in [0.1, 0.15) is 11.7 Å². The Morgan fingerprint density at radius 1 is 0.900 bits per heavy atom. The van der Waals surface area contributed by atoms with Crippen molar-refractivity contribution in [3.63, 3.8) is 0 Å². The molecule has 11 heteroatoms. The van der Waals surface area contributed by atoms with Crippen LogP contribution in [0.5, 0.6) is 23.0 Å². The molecule has 2 aliphatic heterocycles. The lowest BCUT2D eigenvalue weighted by Gasteiger charge is -2.45. The molecule has 0 saturated carbocycles. The fourth-order valence-electron chi connectivity index (χ4n) is 5.25. The third kappa shape index (κ3) is 4.55. The number of non-ortho nitro benzene ring substituents is 1. The van der Waals surface area contributed by atoms with Crippen LogP contribution in [0.3, 0.4) is 0 Å². The number of hydrogen-bond donors (Lipinski definition) is 1. The van der Waals surface area contributed by atoms with E-state index in [0.29, 0.717) is 39.7 Å². The normalized spacial score (nSPS) is 18.9. The van der Waals surface area contributed by atoms with E-state index in [1.54, 1.807) is 48.5 Å². The zero-order valence-corrected chi connectivity index (χ0v) is 22.3. The van der Waals surface area contributed by atoms with E-state index < -0.39 is 22.9 Å². The summed E-state index contributed by atoms with van der Waals surface area (Å²) in [6.45, 7) is 0. The van der Waals surface area contributed by atoms with Crippen LogP contribution in [-0.2, 0) is 16.0 Å². The van der Waals surface area contributed by atoms with E-state index >= 15 is 0 Å². The lowest BCUT2D eigenvalue weighted by atomic mass is 9.82. The third-order valence-electron chi connectivity index (χ3n) is 7.11. The molecule has 3 aromatic rings. The van der Waals surface area contributed by atoms with Crippen LogP contribution in [-0.4, -0.2) is 56.1 Å². The molecule has 3 aromatic carbocycles. The van der Waals surface area contributed by atoms with Gasteiger partial charge in [0.2, 0.25) is 5.91 Å². The monoisotopic (exact) mass is 545 g/mol. The van der Waals surface area contributed by atoms with E-state index in [1.165, 1.54) is 45.5 Å². The Balaban J connectivity index is 1.67. The SMILES string of the molecule is COc1ccc(/C=C2\NC(=O)[C@@H]3Cc4cc(OC)c(OC)cc4[C@@H](c4cccc([N+](=O)[O-])c4)N3C2=O)cc1OC. The Labute approximate surface area is 230 Å². The molecule has 0 unspecified atom stereocenters. The molecule has 1 fully saturated rings. The summed E-state index contributed by atoms with van der Waals surface area (Å²) in [7, 11) is 6.04. The van der Waals surface area contributed by atoms with Crippen LogP contribution < -0.4 is 24.3 Å². The van der Waals surface area contributed by atoms with Gasteiger partial charge >= 0.3 is 0 Å². The fourth-order valence-corrected chi connectivity index (χ4v) is 5.25. The molecule has 2 atom stereocenters. The molecule has 0 spiro atoms. The molecule has 0 aromatic heterocycles. The predicted molar refractivity (Wildman–Crippen MR) is 144 cm³/mol. The van der Waals surface area contributed by atoms with Gasteiger partial charge < -0.3 is 29.2 Å². The summed E-state index contributed by atoms with van der Waals surface area (Å²) in [5.74, 6) is 1.09. The van der Waals surface area contributed by atoms with E-state index in [4.69, 9.17) is 18.9 Å². The van der Waals surface area contributed by atoms with Gasteiger partial charge in [0, 0.05) is 18.6 Å². The average molecular weight is 546 g/mol.